The lowest BCUT2D eigenvalue weighted by Gasteiger charge is -2.33. The van der Waals surface area contributed by atoms with Gasteiger partial charge >= 0.3 is 0 Å². The smallest absolute Gasteiger partial charge is 0.264 e. The van der Waals surface area contributed by atoms with Crippen molar-refractivity contribution in [1.29, 1.82) is 0 Å². The fourth-order valence-corrected chi connectivity index (χ4v) is 6.07. The molecule has 2 amide bonds. The highest BCUT2D eigenvalue weighted by Gasteiger charge is 2.33. The van der Waals surface area contributed by atoms with Gasteiger partial charge in [-0.3, -0.25) is 13.9 Å². The predicted molar refractivity (Wildman–Crippen MR) is 157 cm³/mol. The Balaban J connectivity index is 2.09. The van der Waals surface area contributed by atoms with Gasteiger partial charge in [0.2, 0.25) is 11.8 Å². The molecule has 0 aromatic heterocycles. The first kappa shape index (κ1) is 30.5. The molecule has 0 aliphatic carbocycles. The van der Waals surface area contributed by atoms with Gasteiger partial charge < -0.3 is 10.2 Å². The van der Waals surface area contributed by atoms with Gasteiger partial charge in [-0.25, -0.2) is 8.42 Å². The maximum Gasteiger partial charge on any atom is 0.264 e. The van der Waals surface area contributed by atoms with Crippen LogP contribution in [-0.4, -0.2) is 44.3 Å². The van der Waals surface area contributed by atoms with Crippen molar-refractivity contribution >= 4 is 50.7 Å². The van der Waals surface area contributed by atoms with Crippen LogP contribution in [0.4, 0.5) is 5.69 Å². The lowest BCUT2D eigenvalue weighted by molar-refractivity contribution is -0.140. The zero-order valence-electron chi connectivity index (χ0n) is 22.4. The molecule has 3 aromatic rings. The number of rotatable bonds is 11. The van der Waals surface area contributed by atoms with Crippen LogP contribution in [0.1, 0.15) is 37.0 Å². The molecule has 0 spiro atoms. The number of carbonyl (C=O) groups is 2. The Kier molecular flexibility index (Phi) is 10.4. The van der Waals surface area contributed by atoms with Crippen molar-refractivity contribution in [2.75, 3.05) is 17.4 Å². The normalized spacial score (nSPS) is 12.1. The minimum absolute atomic E-state index is 0.00335. The highest BCUT2D eigenvalue weighted by atomic mass is 35.5. The van der Waals surface area contributed by atoms with E-state index in [2.05, 4.69) is 5.32 Å². The summed E-state index contributed by atoms with van der Waals surface area (Å²) in [5.41, 5.74) is 2.81. The van der Waals surface area contributed by atoms with Crippen molar-refractivity contribution < 1.29 is 18.0 Å². The molecule has 208 valence electrons. The second-order valence-electron chi connectivity index (χ2n) is 9.17. The Morgan fingerprint density at radius 3 is 2.21 bits per heavy atom. The molecule has 3 aromatic carbocycles. The van der Waals surface area contributed by atoms with Crippen LogP contribution in [0.2, 0.25) is 10.0 Å². The van der Waals surface area contributed by atoms with Crippen molar-refractivity contribution in [2.24, 2.45) is 0 Å². The van der Waals surface area contributed by atoms with Gasteiger partial charge in [0.05, 0.1) is 10.6 Å². The maximum atomic E-state index is 14.0. The quantitative estimate of drug-likeness (QED) is 0.308. The number of nitrogens with one attached hydrogen (secondary N) is 1. The average molecular weight is 591 g/mol. The molecule has 1 atom stereocenters. The van der Waals surface area contributed by atoms with Crippen LogP contribution in [0.15, 0.2) is 71.6 Å². The number of hydrogen-bond acceptors (Lipinski definition) is 4. The van der Waals surface area contributed by atoms with Gasteiger partial charge in [-0.1, -0.05) is 60.5 Å². The van der Waals surface area contributed by atoms with Gasteiger partial charge in [0.15, 0.2) is 0 Å². The number of hydrogen-bond donors (Lipinski definition) is 1. The topological polar surface area (TPSA) is 86.8 Å². The van der Waals surface area contributed by atoms with E-state index in [-0.39, 0.29) is 17.3 Å². The van der Waals surface area contributed by atoms with Crippen molar-refractivity contribution in [3.05, 3.63) is 93.5 Å². The molecule has 0 saturated carbocycles. The summed E-state index contributed by atoms with van der Waals surface area (Å²) < 4.78 is 28.8. The predicted octanol–water partition coefficient (Wildman–Crippen LogP) is 5.75. The van der Waals surface area contributed by atoms with Gasteiger partial charge in [0.1, 0.15) is 12.6 Å². The Morgan fingerprint density at radius 2 is 1.62 bits per heavy atom. The van der Waals surface area contributed by atoms with Crippen molar-refractivity contribution in [1.82, 2.24) is 10.2 Å². The van der Waals surface area contributed by atoms with Crippen LogP contribution in [0, 0.1) is 13.8 Å². The largest absolute Gasteiger partial charge is 0.355 e. The molecule has 39 heavy (non-hydrogen) atoms. The van der Waals surface area contributed by atoms with Crippen LogP contribution < -0.4 is 9.62 Å². The number of nitrogens with zero attached hydrogens (tertiary/aromatic N) is 2. The van der Waals surface area contributed by atoms with Gasteiger partial charge in [-0.15, -0.1) is 0 Å². The first-order valence-corrected chi connectivity index (χ1v) is 14.8. The molecule has 7 nitrogen and oxygen atoms in total. The fraction of sp³-hybridized carbons (Fsp3) is 0.310. The Bertz CT molecular complexity index is 1430. The number of benzene rings is 3. The van der Waals surface area contributed by atoms with E-state index in [0.717, 1.165) is 15.4 Å². The lowest BCUT2D eigenvalue weighted by atomic mass is 10.1. The van der Waals surface area contributed by atoms with E-state index in [4.69, 9.17) is 23.2 Å². The van der Waals surface area contributed by atoms with Crippen LogP contribution in [0.3, 0.4) is 0 Å². The lowest BCUT2D eigenvalue weighted by Crippen LogP contribution is -2.52. The molecular formula is C29H33Cl2N3O4S. The van der Waals surface area contributed by atoms with Crippen LogP contribution in [0.5, 0.6) is 0 Å². The van der Waals surface area contributed by atoms with E-state index in [1.807, 2.05) is 19.9 Å². The monoisotopic (exact) mass is 589 g/mol. The Hall–Kier alpha value is -3.07. The van der Waals surface area contributed by atoms with Crippen LogP contribution >= 0.6 is 23.2 Å². The summed E-state index contributed by atoms with van der Waals surface area (Å²) in [6.07, 6.45) is 0.317. The minimum atomic E-state index is -4.12. The summed E-state index contributed by atoms with van der Waals surface area (Å²) in [6, 6.07) is 17.3. The zero-order valence-corrected chi connectivity index (χ0v) is 24.8. The Morgan fingerprint density at radius 1 is 0.923 bits per heavy atom. The summed E-state index contributed by atoms with van der Waals surface area (Å²) in [5.74, 6) is -0.876. The van der Waals surface area contributed by atoms with Gasteiger partial charge in [0.25, 0.3) is 10.0 Å². The van der Waals surface area contributed by atoms with Crippen LogP contribution in [-0.2, 0) is 26.2 Å². The molecule has 0 aliphatic heterocycles. The van der Waals surface area contributed by atoms with Crippen molar-refractivity contribution in [3.8, 4) is 0 Å². The minimum Gasteiger partial charge on any atom is -0.355 e. The van der Waals surface area contributed by atoms with E-state index in [0.29, 0.717) is 34.3 Å². The van der Waals surface area contributed by atoms with Gasteiger partial charge in [-0.2, -0.15) is 0 Å². The number of halogens is 2. The SMILES string of the molecule is CCNC(=O)C(CC)N(Cc1ccc(Cl)cc1Cl)C(=O)CN(c1ccc(C)c(C)c1)S(=O)(=O)c1ccccc1. The molecule has 1 unspecified atom stereocenters. The maximum absolute atomic E-state index is 14.0. The van der Waals surface area contributed by atoms with E-state index in [1.54, 1.807) is 62.4 Å². The number of amides is 2. The van der Waals surface area contributed by atoms with E-state index in [1.165, 1.54) is 17.0 Å². The number of aryl methyl sites for hydroxylation is 2. The molecule has 0 saturated heterocycles. The third-order valence-electron chi connectivity index (χ3n) is 6.48. The highest BCUT2D eigenvalue weighted by molar-refractivity contribution is 7.92. The highest BCUT2D eigenvalue weighted by Crippen LogP contribution is 2.28. The van der Waals surface area contributed by atoms with Crippen LogP contribution in [0.25, 0.3) is 0 Å². The molecule has 0 fully saturated rings. The average Bonchev–Trinajstić information content (AvgIpc) is 2.90. The van der Waals surface area contributed by atoms with Crippen molar-refractivity contribution in [3.63, 3.8) is 0 Å². The number of sulfonamides is 1. The molecule has 1 N–H and O–H groups in total. The van der Waals surface area contributed by atoms with E-state index < -0.39 is 28.5 Å². The summed E-state index contributed by atoms with van der Waals surface area (Å²) in [5, 5.41) is 3.56. The number of carbonyl (C=O) groups excluding carboxylic acids is 2. The molecule has 10 heteroatoms. The first-order chi connectivity index (χ1) is 18.5. The molecule has 0 radical (unpaired) electrons. The third-order valence-corrected chi connectivity index (χ3v) is 8.86. The summed E-state index contributed by atoms with van der Waals surface area (Å²) in [7, 11) is -4.12. The standard InChI is InChI=1S/C29H33Cl2N3O4S/c1-5-27(29(36)32-6-2)33(18-22-13-14-23(30)17-26(22)31)28(35)19-34(24-15-12-20(3)21(4)16-24)39(37,38)25-10-8-7-9-11-25/h7-17,27H,5-6,18-19H2,1-4H3,(H,32,36). The molecule has 0 heterocycles. The molecule has 0 bridgehead atoms. The molecule has 3 rings (SSSR count). The van der Waals surface area contributed by atoms with E-state index >= 15 is 0 Å². The summed E-state index contributed by atoms with van der Waals surface area (Å²) in [6.45, 7) is 7.26. The first-order valence-electron chi connectivity index (χ1n) is 12.7. The number of likely N-dealkylation sites (N-methyl/N-ethyl adjacent to an activating group) is 1. The molecule has 0 aliphatic rings. The summed E-state index contributed by atoms with van der Waals surface area (Å²) in [4.78, 5) is 28.5. The van der Waals surface area contributed by atoms with E-state index in [9.17, 15) is 18.0 Å². The second-order valence-corrected chi connectivity index (χ2v) is 11.9. The zero-order chi connectivity index (χ0) is 28.7. The molecular weight excluding hydrogens is 557 g/mol. The van der Waals surface area contributed by atoms with Crippen molar-refractivity contribution in [2.45, 2.75) is 51.6 Å². The third kappa shape index (κ3) is 7.32. The summed E-state index contributed by atoms with van der Waals surface area (Å²) >= 11 is 12.5. The van der Waals surface area contributed by atoms with Gasteiger partial charge in [-0.05, 0) is 80.3 Å². The fourth-order valence-electron chi connectivity index (χ4n) is 4.17. The number of anilines is 1. The van der Waals surface area contributed by atoms with Gasteiger partial charge in [0, 0.05) is 23.1 Å². The second kappa shape index (κ2) is 13.3. The Labute approximate surface area is 240 Å².